The fourth-order valence-electron chi connectivity index (χ4n) is 0.602. The number of allylic oxidation sites excluding steroid dienone is 2. The second-order valence-corrected chi connectivity index (χ2v) is 1.84. The van der Waals surface area contributed by atoms with Crippen LogP contribution in [0.1, 0.15) is 6.92 Å². The molecule has 62 valence electrons. The molecule has 0 aliphatic rings. The summed E-state index contributed by atoms with van der Waals surface area (Å²) >= 11 is 0. The second-order valence-electron chi connectivity index (χ2n) is 1.84. The molecule has 0 amide bonds. The molecule has 0 aromatic carbocycles. The fourth-order valence-corrected chi connectivity index (χ4v) is 0.602. The van der Waals surface area contributed by atoms with Gasteiger partial charge in [-0.05, 0) is 13.0 Å². The molecule has 0 aromatic rings. The van der Waals surface area contributed by atoms with Gasteiger partial charge >= 0.3 is 0 Å². The summed E-state index contributed by atoms with van der Waals surface area (Å²) in [5, 5.41) is 2.72. The highest BCUT2D eigenvalue weighted by Gasteiger charge is 2.02. The van der Waals surface area contributed by atoms with Crippen molar-refractivity contribution in [2.24, 2.45) is 0 Å². The fraction of sp³-hybridized carbons (Fsp3) is 0.375. The zero-order chi connectivity index (χ0) is 8.69. The minimum atomic E-state index is -0.135. The van der Waals surface area contributed by atoms with Crippen LogP contribution in [0.4, 0.5) is 0 Å². The maximum Gasteiger partial charge on any atom is 0.221 e. The van der Waals surface area contributed by atoms with Crippen LogP contribution in [0.5, 0.6) is 0 Å². The number of nitrogens with one attached hydrogen (secondary N) is 1. The molecular formula is C8H13NO2. The lowest BCUT2D eigenvalue weighted by Crippen LogP contribution is -2.02. The largest absolute Gasteiger partial charge is 0.493 e. The molecule has 0 saturated carbocycles. The molecule has 0 unspecified atom stereocenters. The third-order valence-corrected chi connectivity index (χ3v) is 1.13. The first-order chi connectivity index (χ1) is 5.26. The molecule has 0 saturated heterocycles. The molecule has 11 heavy (non-hydrogen) atoms. The topological polar surface area (TPSA) is 38.3 Å². The summed E-state index contributed by atoms with van der Waals surface area (Å²) < 4.78 is 4.79. The quantitative estimate of drug-likeness (QED) is 0.483. The van der Waals surface area contributed by atoms with Crippen LogP contribution in [0.25, 0.3) is 0 Å². The van der Waals surface area contributed by atoms with Crippen LogP contribution in [0.2, 0.25) is 0 Å². The summed E-state index contributed by atoms with van der Waals surface area (Å²) in [6, 6.07) is 0. The molecule has 0 spiro atoms. The summed E-state index contributed by atoms with van der Waals surface area (Å²) in [6.07, 6.45) is 4.60. The summed E-state index contributed by atoms with van der Waals surface area (Å²) in [5.41, 5.74) is 0. The van der Waals surface area contributed by atoms with Crippen LogP contribution in [-0.4, -0.2) is 19.9 Å². The number of hydrogen-bond acceptors (Lipinski definition) is 3. The molecule has 0 aliphatic heterocycles. The highest BCUT2D eigenvalue weighted by Crippen LogP contribution is 1.96. The normalized spacial score (nSPS) is 11.7. The van der Waals surface area contributed by atoms with E-state index in [0.717, 1.165) is 0 Å². The predicted molar refractivity (Wildman–Crippen MR) is 44.0 cm³/mol. The van der Waals surface area contributed by atoms with Crippen LogP contribution < -0.4 is 5.32 Å². The molecule has 0 rings (SSSR count). The lowest BCUT2D eigenvalue weighted by molar-refractivity contribution is -0.114. The van der Waals surface area contributed by atoms with Gasteiger partial charge in [-0.15, -0.1) is 0 Å². The maximum atomic E-state index is 11.0. The Morgan fingerprint density at radius 3 is 2.55 bits per heavy atom. The van der Waals surface area contributed by atoms with Gasteiger partial charge in [-0.3, -0.25) is 4.79 Å². The smallest absolute Gasteiger partial charge is 0.221 e. The molecule has 0 bridgehead atoms. The van der Waals surface area contributed by atoms with E-state index in [1.807, 2.05) is 0 Å². The van der Waals surface area contributed by atoms with Crippen molar-refractivity contribution < 1.29 is 9.53 Å². The van der Waals surface area contributed by atoms with Crippen molar-refractivity contribution in [2.75, 3.05) is 14.2 Å². The standard InChI is InChI=1S/C8H13NO2/c1-4-8(11-3)7(10)5-6-9-2/h4-6,9H,1-3H3/b6-5-,8-4+. The zero-order valence-electron chi connectivity index (χ0n) is 7.05. The Morgan fingerprint density at radius 2 is 2.18 bits per heavy atom. The van der Waals surface area contributed by atoms with Gasteiger partial charge in [0, 0.05) is 19.3 Å². The average Bonchev–Trinajstić information content (AvgIpc) is 2.03. The van der Waals surface area contributed by atoms with E-state index in [4.69, 9.17) is 4.74 Å². The summed E-state index contributed by atoms with van der Waals surface area (Å²) in [5.74, 6) is 0.223. The highest BCUT2D eigenvalue weighted by atomic mass is 16.5. The minimum Gasteiger partial charge on any atom is -0.493 e. The van der Waals surface area contributed by atoms with Crippen molar-refractivity contribution >= 4 is 5.78 Å². The van der Waals surface area contributed by atoms with E-state index in [0.29, 0.717) is 5.76 Å². The molecule has 0 atom stereocenters. The van der Waals surface area contributed by atoms with Crippen molar-refractivity contribution in [3.05, 3.63) is 24.1 Å². The molecule has 0 radical (unpaired) electrons. The molecule has 0 aliphatic carbocycles. The number of methoxy groups -OCH3 is 1. The Hall–Kier alpha value is -1.25. The van der Waals surface area contributed by atoms with Gasteiger partial charge in [0.1, 0.15) is 0 Å². The van der Waals surface area contributed by atoms with E-state index in [-0.39, 0.29) is 5.78 Å². The Morgan fingerprint density at radius 1 is 1.55 bits per heavy atom. The third-order valence-electron chi connectivity index (χ3n) is 1.13. The Kier molecular flexibility index (Phi) is 4.90. The molecule has 0 aromatic heterocycles. The summed E-state index contributed by atoms with van der Waals surface area (Å²) in [6.45, 7) is 1.75. The molecule has 3 heteroatoms. The first kappa shape index (κ1) is 9.75. The predicted octanol–water partition coefficient (Wildman–Crippen LogP) is 0.839. The van der Waals surface area contributed by atoms with Crippen LogP contribution >= 0.6 is 0 Å². The molecule has 0 fully saturated rings. The summed E-state index contributed by atoms with van der Waals surface area (Å²) in [7, 11) is 3.20. The van der Waals surface area contributed by atoms with Crippen molar-refractivity contribution in [3.63, 3.8) is 0 Å². The number of ether oxygens (including phenoxy) is 1. The van der Waals surface area contributed by atoms with Gasteiger partial charge in [-0.2, -0.15) is 0 Å². The summed E-state index contributed by atoms with van der Waals surface area (Å²) in [4.78, 5) is 11.0. The Labute approximate surface area is 66.7 Å². The van der Waals surface area contributed by atoms with E-state index < -0.39 is 0 Å². The lowest BCUT2D eigenvalue weighted by Gasteiger charge is -1.98. The van der Waals surface area contributed by atoms with Gasteiger partial charge in [0.2, 0.25) is 5.78 Å². The van der Waals surface area contributed by atoms with E-state index >= 15 is 0 Å². The number of hydrogen-bond donors (Lipinski definition) is 1. The maximum absolute atomic E-state index is 11.0. The van der Waals surface area contributed by atoms with Crippen LogP contribution in [-0.2, 0) is 9.53 Å². The third kappa shape index (κ3) is 3.45. The van der Waals surface area contributed by atoms with E-state index in [9.17, 15) is 4.79 Å². The average molecular weight is 155 g/mol. The van der Waals surface area contributed by atoms with Gasteiger partial charge in [0.25, 0.3) is 0 Å². The number of ketones is 1. The number of carbonyl (C=O) groups is 1. The van der Waals surface area contributed by atoms with Crippen molar-refractivity contribution in [2.45, 2.75) is 6.92 Å². The van der Waals surface area contributed by atoms with Crippen molar-refractivity contribution in [1.29, 1.82) is 0 Å². The van der Waals surface area contributed by atoms with E-state index in [1.165, 1.54) is 13.2 Å². The second kappa shape index (κ2) is 5.53. The van der Waals surface area contributed by atoms with Gasteiger partial charge in [-0.1, -0.05) is 0 Å². The van der Waals surface area contributed by atoms with Gasteiger partial charge < -0.3 is 10.1 Å². The van der Waals surface area contributed by atoms with Gasteiger partial charge in [0.05, 0.1) is 7.11 Å². The Balaban J connectivity index is 4.12. The molecular weight excluding hydrogens is 142 g/mol. The van der Waals surface area contributed by atoms with Crippen molar-refractivity contribution in [3.8, 4) is 0 Å². The highest BCUT2D eigenvalue weighted by molar-refractivity contribution is 6.02. The SMILES string of the molecule is C/C=C(/OC)C(=O)/C=C\NC. The van der Waals surface area contributed by atoms with Crippen LogP contribution in [0.15, 0.2) is 24.1 Å². The minimum absolute atomic E-state index is 0.135. The zero-order valence-corrected chi connectivity index (χ0v) is 7.05. The number of rotatable bonds is 4. The first-order valence-electron chi connectivity index (χ1n) is 3.34. The van der Waals surface area contributed by atoms with E-state index in [2.05, 4.69) is 5.32 Å². The first-order valence-corrected chi connectivity index (χ1v) is 3.34. The number of carbonyl (C=O) groups excluding carboxylic acids is 1. The van der Waals surface area contributed by atoms with Gasteiger partial charge in [0.15, 0.2) is 5.76 Å². The van der Waals surface area contributed by atoms with Gasteiger partial charge in [-0.25, -0.2) is 0 Å². The lowest BCUT2D eigenvalue weighted by atomic mass is 10.3. The molecule has 0 heterocycles. The van der Waals surface area contributed by atoms with Crippen LogP contribution in [0.3, 0.4) is 0 Å². The van der Waals surface area contributed by atoms with Crippen LogP contribution in [0, 0.1) is 0 Å². The van der Waals surface area contributed by atoms with E-state index in [1.54, 1.807) is 26.2 Å². The Bertz CT molecular complexity index is 183. The molecule has 3 nitrogen and oxygen atoms in total. The van der Waals surface area contributed by atoms with Crippen molar-refractivity contribution in [1.82, 2.24) is 5.32 Å². The monoisotopic (exact) mass is 155 g/mol. The molecule has 1 N–H and O–H groups in total.